The van der Waals surface area contributed by atoms with E-state index >= 15 is 0 Å². The molecule has 0 atom stereocenters. The average Bonchev–Trinajstić information content (AvgIpc) is 2.56. The number of hydrogen-bond acceptors (Lipinski definition) is 4. The molecule has 0 spiro atoms. The third-order valence-corrected chi connectivity index (χ3v) is 2.51. The Hall–Kier alpha value is -3.42. The maximum Gasteiger partial charge on any atom is 0.503 e. The van der Waals surface area contributed by atoms with E-state index in [0.717, 1.165) is 11.5 Å². The van der Waals surface area contributed by atoms with Gasteiger partial charge < -0.3 is 29.9 Å². The standard InChI is InChI=1S/2C8H10O.2CH2O3/c2*1-7-3-5-8(9-2)6-4-7;2*2-1(3)4/h2*3-6H,1-2H3;2*(H2,2,3,4). The number of rotatable bonds is 2. The highest BCUT2D eigenvalue weighted by atomic mass is 16.6. The third-order valence-electron chi connectivity index (χ3n) is 2.51. The van der Waals surface area contributed by atoms with Gasteiger partial charge in [0.25, 0.3) is 0 Å². The smallest absolute Gasteiger partial charge is 0.497 e. The van der Waals surface area contributed by atoms with Crippen molar-refractivity contribution in [1.29, 1.82) is 0 Å². The van der Waals surface area contributed by atoms with Crippen LogP contribution in [-0.4, -0.2) is 47.0 Å². The molecular formula is C18H24O8. The summed E-state index contributed by atoms with van der Waals surface area (Å²) in [6.45, 7) is 4.11. The van der Waals surface area contributed by atoms with Gasteiger partial charge >= 0.3 is 12.3 Å². The Bertz CT molecular complexity index is 555. The Labute approximate surface area is 151 Å². The summed E-state index contributed by atoms with van der Waals surface area (Å²) in [5, 5.41) is 27.9. The molecule has 8 nitrogen and oxygen atoms in total. The van der Waals surface area contributed by atoms with E-state index in [1.807, 2.05) is 48.5 Å². The van der Waals surface area contributed by atoms with Crippen molar-refractivity contribution < 1.29 is 39.5 Å². The zero-order valence-corrected chi connectivity index (χ0v) is 15.0. The van der Waals surface area contributed by atoms with Crippen LogP contribution in [0.4, 0.5) is 9.59 Å². The van der Waals surface area contributed by atoms with Gasteiger partial charge in [-0.05, 0) is 38.1 Å². The van der Waals surface area contributed by atoms with E-state index in [0.29, 0.717) is 0 Å². The zero-order chi connectivity index (χ0) is 20.5. The number of aryl methyl sites for hydroxylation is 2. The zero-order valence-electron chi connectivity index (χ0n) is 15.0. The Kier molecular flexibility index (Phi) is 14.4. The van der Waals surface area contributed by atoms with Gasteiger partial charge in [0.1, 0.15) is 11.5 Å². The van der Waals surface area contributed by atoms with Gasteiger partial charge in [-0.25, -0.2) is 9.59 Å². The van der Waals surface area contributed by atoms with Gasteiger partial charge in [0.2, 0.25) is 0 Å². The lowest BCUT2D eigenvalue weighted by molar-refractivity contribution is 0.135. The molecule has 2 aromatic carbocycles. The second-order valence-electron chi connectivity index (χ2n) is 4.60. The fourth-order valence-electron chi connectivity index (χ4n) is 1.35. The first-order chi connectivity index (χ1) is 12.1. The summed E-state index contributed by atoms with van der Waals surface area (Å²) in [6.07, 6.45) is -3.67. The highest BCUT2D eigenvalue weighted by Crippen LogP contribution is 2.10. The van der Waals surface area contributed by atoms with Crippen LogP contribution in [0, 0.1) is 13.8 Å². The molecule has 0 unspecified atom stereocenters. The predicted octanol–water partition coefficient (Wildman–Crippen LogP) is 4.45. The topological polar surface area (TPSA) is 134 Å². The van der Waals surface area contributed by atoms with Crippen LogP contribution in [0.2, 0.25) is 0 Å². The SMILES string of the molecule is COc1ccc(C)cc1.COc1ccc(C)cc1.O=C(O)O.O=C(O)O. The van der Waals surface area contributed by atoms with Gasteiger partial charge in [-0.1, -0.05) is 35.4 Å². The van der Waals surface area contributed by atoms with Crippen LogP contribution in [0.1, 0.15) is 11.1 Å². The van der Waals surface area contributed by atoms with Gasteiger partial charge in [-0.15, -0.1) is 0 Å². The second-order valence-corrected chi connectivity index (χ2v) is 4.60. The van der Waals surface area contributed by atoms with Crippen molar-refractivity contribution in [2.24, 2.45) is 0 Å². The normalized spacial score (nSPS) is 8.15. The number of ether oxygens (including phenoxy) is 2. The molecule has 0 amide bonds. The van der Waals surface area contributed by atoms with Crippen LogP contribution in [0.3, 0.4) is 0 Å². The average molecular weight is 368 g/mol. The number of carboxylic acid groups (broad SMARTS) is 4. The van der Waals surface area contributed by atoms with Crippen LogP contribution >= 0.6 is 0 Å². The predicted molar refractivity (Wildman–Crippen MR) is 96.8 cm³/mol. The highest BCUT2D eigenvalue weighted by Gasteiger charge is 1.86. The van der Waals surface area contributed by atoms with Crippen molar-refractivity contribution in [2.75, 3.05) is 14.2 Å². The van der Waals surface area contributed by atoms with Gasteiger partial charge in [0.15, 0.2) is 0 Å². The molecule has 4 N–H and O–H groups in total. The molecule has 0 fully saturated rings. The molecule has 0 bridgehead atoms. The molecule has 0 saturated carbocycles. The Balaban J connectivity index is 0. The lowest BCUT2D eigenvalue weighted by atomic mass is 10.2. The molecule has 0 aliphatic rings. The first kappa shape index (κ1) is 24.8. The number of hydrogen-bond donors (Lipinski definition) is 4. The minimum absolute atomic E-state index is 0.917. The van der Waals surface area contributed by atoms with Crippen molar-refractivity contribution in [3.8, 4) is 11.5 Å². The van der Waals surface area contributed by atoms with Gasteiger partial charge in [-0.3, -0.25) is 0 Å². The van der Waals surface area contributed by atoms with Gasteiger partial charge in [0, 0.05) is 0 Å². The monoisotopic (exact) mass is 368 g/mol. The molecule has 0 radical (unpaired) electrons. The van der Waals surface area contributed by atoms with E-state index in [-0.39, 0.29) is 0 Å². The highest BCUT2D eigenvalue weighted by molar-refractivity contribution is 5.53. The van der Waals surface area contributed by atoms with Gasteiger partial charge in [-0.2, -0.15) is 0 Å². The molecule has 2 rings (SSSR count). The molecule has 144 valence electrons. The second kappa shape index (κ2) is 15.1. The molecule has 0 aromatic heterocycles. The van der Waals surface area contributed by atoms with Crippen LogP contribution in [-0.2, 0) is 0 Å². The summed E-state index contributed by atoms with van der Waals surface area (Å²) in [5.41, 5.74) is 2.52. The fourth-order valence-corrected chi connectivity index (χ4v) is 1.35. The lowest BCUT2D eigenvalue weighted by Crippen LogP contribution is -1.81. The van der Waals surface area contributed by atoms with Crippen LogP contribution in [0.25, 0.3) is 0 Å². The van der Waals surface area contributed by atoms with Crippen molar-refractivity contribution in [2.45, 2.75) is 13.8 Å². The molecule has 0 aliphatic carbocycles. The number of methoxy groups -OCH3 is 2. The van der Waals surface area contributed by atoms with E-state index in [2.05, 4.69) is 13.8 Å². The summed E-state index contributed by atoms with van der Waals surface area (Å²) in [5.74, 6) is 1.83. The minimum Gasteiger partial charge on any atom is -0.497 e. The molecule has 26 heavy (non-hydrogen) atoms. The summed E-state index contributed by atoms with van der Waals surface area (Å²) in [7, 11) is 3.34. The Morgan fingerprint density at radius 2 is 0.808 bits per heavy atom. The fraction of sp³-hybridized carbons (Fsp3) is 0.222. The van der Waals surface area contributed by atoms with Crippen LogP contribution < -0.4 is 9.47 Å². The summed E-state index contributed by atoms with van der Waals surface area (Å²) < 4.78 is 9.94. The maximum absolute atomic E-state index is 8.56. The molecular weight excluding hydrogens is 344 g/mol. The molecule has 0 saturated heterocycles. The lowest BCUT2D eigenvalue weighted by Gasteiger charge is -1.97. The third kappa shape index (κ3) is 18.6. The van der Waals surface area contributed by atoms with Crippen molar-refractivity contribution in [3.05, 3.63) is 59.7 Å². The quantitative estimate of drug-likeness (QED) is 0.611. The Morgan fingerprint density at radius 1 is 0.615 bits per heavy atom. The number of carbonyl (C=O) groups is 2. The van der Waals surface area contributed by atoms with Crippen LogP contribution in [0.15, 0.2) is 48.5 Å². The molecule has 0 aliphatic heterocycles. The van der Waals surface area contributed by atoms with E-state index < -0.39 is 12.3 Å². The van der Waals surface area contributed by atoms with E-state index in [1.165, 1.54) is 11.1 Å². The summed E-state index contributed by atoms with van der Waals surface area (Å²) >= 11 is 0. The van der Waals surface area contributed by atoms with E-state index in [9.17, 15) is 0 Å². The summed E-state index contributed by atoms with van der Waals surface area (Å²) in [4.78, 5) is 17.1. The van der Waals surface area contributed by atoms with Crippen LogP contribution in [0.5, 0.6) is 11.5 Å². The molecule has 0 heterocycles. The number of benzene rings is 2. The minimum atomic E-state index is -1.83. The maximum atomic E-state index is 8.56. The van der Waals surface area contributed by atoms with Crippen molar-refractivity contribution in [1.82, 2.24) is 0 Å². The van der Waals surface area contributed by atoms with E-state index in [4.69, 9.17) is 39.5 Å². The van der Waals surface area contributed by atoms with Crippen molar-refractivity contribution >= 4 is 12.3 Å². The molecule has 2 aromatic rings. The summed E-state index contributed by atoms with van der Waals surface area (Å²) in [6, 6.07) is 15.9. The first-order valence-corrected chi connectivity index (χ1v) is 7.17. The Morgan fingerprint density at radius 3 is 0.962 bits per heavy atom. The van der Waals surface area contributed by atoms with Gasteiger partial charge in [0.05, 0.1) is 14.2 Å². The van der Waals surface area contributed by atoms with E-state index in [1.54, 1.807) is 14.2 Å². The largest absolute Gasteiger partial charge is 0.503 e. The van der Waals surface area contributed by atoms with Crippen molar-refractivity contribution in [3.63, 3.8) is 0 Å². The molecule has 8 heteroatoms. The first-order valence-electron chi connectivity index (χ1n) is 7.17.